The molecule has 0 bridgehead atoms. The number of aryl methyl sites for hydroxylation is 1. The van der Waals surface area contributed by atoms with Crippen LogP contribution in [0.4, 0.5) is 5.95 Å². The van der Waals surface area contributed by atoms with Gasteiger partial charge in [-0.15, -0.1) is 0 Å². The number of likely N-dealkylation sites (N-methyl/N-ethyl adjacent to an activating group) is 1. The van der Waals surface area contributed by atoms with Crippen molar-refractivity contribution in [3.63, 3.8) is 0 Å². The molecular formula is C24H26N8O2. The molecule has 0 saturated heterocycles. The van der Waals surface area contributed by atoms with E-state index in [-0.39, 0.29) is 23.8 Å². The Bertz CT molecular complexity index is 1340. The number of aromatic nitrogens is 6. The summed E-state index contributed by atoms with van der Waals surface area (Å²) in [4.78, 5) is 24.8. The predicted octanol–water partition coefficient (Wildman–Crippen LogP) is 2.74. The average Bonchev–Trinajstić information content (AvgIpc) is 3.39. The number of rotatable bonds is 7. The molecule has 1 fully saturated rings. The van der Waals surface area contributed by atoms with Gasteiger partial charge in [0.2, 0.25) is 11.9 Å². The topological polar surface area (TPSA) is 138 Å². The number of hydrogen-bond acceptors (Lipinski definition) is 8. The Hall–Kier alpha value is -4.08. The minimum atomic E-state index is -0.384. The lowest BCUT2D eigenvalue weighted by Crippen LogP contribution is -2.28. The van der Waals surface area contributed by atoms with Crippen LogP contribution < -0.4 is 11.1 Å². The molecule has 3 aromatic heterocycles. The van der Waals surface area contributed by atoms with Crippen molar-refractivity contribution in [3.8, 4) is 22.6 Å². The highest BCUT2D eigenvalue weighted by Crippen LogP contribution is 2.50. The van der Waals surface area contributed by atoms with Crippen LogP contribution in [0.15, 0.2) is 47.4 Å². The molecule has 0 spiro atoms. The third-order valence-corrected chi connectivity index (χ3v) is 6.54. The van der Waals surface area contributed by atoms with Gasteiger partial charge in [0.15, 0.2) is 5.82 Å². The molecule has 1 atom stereocenters. The smallest absolute Gasteiger partial charge is 0.261 e. The monoisotopic (exact) mass is 458 g/mol. The third-order valence-electron chi connectivity index (χ3n) is 6.54. The fourth-order valence-corrected chi connectivity index (χ4v) is 4.31. The van der Waals surface area contributed by atoms with Crippen LogP contribution >= 0.6 is 0 Å². The van der Waals surface area contributed by atoms with Crippen molar-refractivity contribution in [3.05, 3.63) is 59.9 Å². The van der Waals surface area contributed by atoms with Gasteiger partial charge in [-0.3, -0.25) is 9.48 Å². The van der Waals surface area contributed by atoms with Gasteiger partial charge in [-0.25, -0.2) is 9.97 Å². The second-order valence-corrected chi connectivity index (χ2v) is 8.80. The highest BCUT2D eigenvalue weighted by atomic mass is 16.5. The van der Waals surface area contributed by atoms with E-state index in [9.17, 15) is 4.79 Å². The van der Waals surface area contributed by atoms with Gasteiger partial charge in [-0.1, -0.05) is 29.4 Å². The number of amides is 1. The molecule has 34 heavy (non-hydrogen) atoms. The van der Waals surface area contributed by atoms with E-state index in [2.05, 4.69) is 56.7 Å². The van der Waals surface area contributed by atoms with Crippen molar-refractivity contribution < 1.29 is 9.32 Å². The molecule has 3 N–H and O–H groups in total. The van der Waals surface area contributed by atoms with Gasteiger partial charge in [-0.05, 0) is 43.7 Å². The summed E-state index contributed by atoms with van der Waals surface area (Å²) in [5.41, 5.74) is 9.92. The first kappa shape index (κ1) is 21.7. The second kappa shape index (κ2) is 8.36. The summed E-state index contributed by atoms with van der Waals surface area (Å²) in [6, 6.07) is 8.37. The quantitative estimate of drug-likeness (QED) is 0.431. The Morgan fingerprint density at radius 2 is 1.97 bits per heavy atom. The van der Waals surface area contributed by atoms with Gasteiger partial charge in [0.1, 0.15) is 6.54 Å². The lowest BCUT2D eigenvalue weighted by atomic mass is 9.76. The molecule has 0 aliphatic heterocycles. The lowest BCUT2D eigenvalue weighted by Gasteiger charge is -2.27. The molecule has 1 aliphatic rings. The van der Waals surface area contributed by atoms with E-state index in [0.717, 1.165) is 35.2 Å². The number of anilines is 1. The number of carbonyl (C=O) groups is 1. The van der Waals surface area contributed by atoms with Crippen LogP contribution in [0, 0.1) is 12.8 Å². The minimum Gasteiger partial charge on any atom is -0.368 e. The number of nitrogens with one attached hydrogen (secondary N) is 1. The molecule has 174 valence electrons. The molecule has 10 heteroatoms. The molecule has 0 radical (unpaired) electrons. The Morgan fingerprint density at radius 3 is 2.65 bits per heavy atom. The van der Waals surface area contributed by atoms with E-state index in [1.807, 2.05) is 6.92 Å². The Kier molecular flexibility index (Phi) is 5.35. The zero-order chi connectivity index (χ0) is 23.9. The van der Waals surface area contributed by atoms with Gasteiger partial charge < -0.3 is 15.6 Å². The van der Waals surface area contributed by atoms with Gasteiger partial charge in [0, 0.05) is 25.0 Å². The van der Waals surface area contributed by atoms with Gasteiger partial charge >= 0.3 is 0 Å². The largest absolute Gasteiger partial charge is 0.368 e. The number of benzene rings is 1. The summed E-state index contributed by atoms with van der Waals surface area (Å²) >= 11 is 0. The molecule has 1 aliphatic carbocycles. The van der Waals surface area contributed by atoms with Crippen LogP contribution in [0.2, 0.25) is 0 Å². The highest BCUT2D eigenvalue weighted by molar-refractivity contribution is 5.75. The number of nitrogens with zero attached hydrogens (tertiary/aromatic N) is 6. The Labute approximate surface area is 196 Å². The molecule has 5 rings (SSSR count). The summed E-state index contributed by atoms with van der Waals surface area (Å²) in [6.07, 6.45) is 7.32. The predicted molar refractivity (Wildman–Crippen MR) is 125 cm³/mol. The normalized spacial score (nSPS) is 15.1. The Balaban J connectivity index is 1.44. The molecule has 3 heterocycles. The lowest BCUT2D eigenvalue weighted by molar-refractivity contribution is -0.121. The number of nitrogen functional groups attached to an aromatic ring is 1. The van der Waals surface area contributed by atoms with Crippen molar-refractivity contribution in [1.82, 2.24) is 35.2 Å². The van der Waals surface area contributed by atoms with Crippen LogP contribution in [-0.4, -0.2) is 42.8 Å². The van der Waals surface area contributed by atoms with Gasteiger partial charge in [0.25, 0.3) is 5.89 Å². The zero-order valence-electron chi connectivity index (χ0n) is 19.3. The number of nitrogens with two attached hydrogens (primary N) is 1. The van der Waals surface area contributed by atoms with Crippen molar-refractivity contribution in [2.24, 2.45) is 5.92 Å². The summed E-state index contributed by atoms with van der Waals surface area (Å²) in [6.45, 7) is 4.22. The van der Waals surface area contributed by atoms with E-state index >= 15 is 0 Å². The van der Waals surface area contributed by atoms with E-state index in [4.69, 9.17) is 15.2 Å². The van der Waals surface area contributed by atoms with Crippen LogP contribution in [0.25, 0.3) is 22.6 Å². The summed E-state index contributed by atoms with van der Waals surface area (Å²) in [7, 11) is 1.59. The van der Waals surface area contributed by atoms with E-state index in [1.54, 1.807) is 30.3 Å². The second-order valence-electron chi connectivity index (χ2n) is 8.80. The molecule has 0 unspecified atom stereocenters. The molecule has 1 aromatic carbocycles. The van der Waals surface area contributed by atoms with E-state index in [1.165, 1.54) is 0 Å². The fourth-order valence-electron chi connectivity index (χ4n) is 4.31. The first-order valence-electron chi connectivity index (χ1n) is 11.2. The number of carbonyl (C=O) groups excluding carboxylic acids is 1. The molecule has 1 saturated carbocycles. The molecule has 4 aromatic rings. The average molecular weight is 459 g/mol. The fraction of sp³-hybridized carbons (Fsp3) is 0.333. The van der Waals surface area contributed by atoms with E-state index in [0.29, 0.717) is 23.2 Å². The van der Waals surface area contributed by atoms with Crippen LogP contribution in [-0.2, 0) is 16.8 Å². The molecule has 10 nitrogen and oxygen atoms in total. The molecule has 1 amide bonds. The minimum absolute atomic E-state index is 0.127. The van der Waals surface area contributed by atoms with Crippen LogP contribution in [0.5, 0.6) is 0 Å². The maximum atomic E-state index is 11.6. The van der Waals surface area contributed by atoms with E-state index < -0.39 is 0 Å². The van der Waals surface area contributed by atoms with Gasteiger partial charge in [-0.2, -0.15) is 10.1 Å². The SMILES string of the molecule is CNC(=O)Cn1cc(-c2nc([C@](C)(c3ccc(-c4cnc(N)nc4C)cc3)C3CC3)no2)cn1. The Morgan fingerprint density at radius 1 is 1.21 bits per heavy atom. The standard InChI is InChI=1S/C24H26N8O2/c1-14-19(11-27-23(25)29-14)15-4-6-17(7-5-15)24(2,18-8-9-18)22-30-21(34-31-22)16-10-28-32(12-16)13-20(33)26-3/h4-7,10-12,18H,8-9,13H2,1-3H3,(H,26,33)(H2,25,27,29)/t24-/m1/s1. The highest BCUT2D eigenvalue weighted by Gasteiger charge is 2.47. The summed E-state index contributed by atoms with van der Waals surface area (Å²) < 4.78 is 7.16. The maximum Gasteiger partial charge on any atom is 0.261 e. The number of hydrogen-bond donors (Lipinski definition) is 2. The molecular weight excluding hydrogens is 432 g/mol. The summed E-state index contributed by atoms with van der Waals surface area (Å²) in [5, 5.41) is 11.2. The first-order valence-corrected chi connectivity index (χ1v) is 11.2. The third kappa shape index (κ3) is 3.91. The first-order chi connectivity index (χ1) is 16.4. The van der Waals surface area contributed by atoms with Gasteiger partial charge in [0.05, 0.1) is 22.9 Å². The summed E-state index contributed by atoms with van der Waals surface area (Å²) in [5.74, 6) is 1.60. The van der Waals surface area contributed by atoms with Crippen molar-refractivity contribution >= 4 is 11.9 Å². The van der Waals surface area contributed by atoms with Crippen molar-refractivity contribution in [2.75, 3.05) is 12.8 Å². The van der Waals surface area contributed by atoms with Crippen molar-refractivity contribution in [1.29, 1.82) is 0 Å². The van der Waals surface area contributed by atoms with Crippen LogP contribution in [0.3, 0.4) is 0 Å². The van der Waals surface area contributed by atoms with Crippen molar-refractivity contribution in [2.45, 2.75) is 38.6 Å². The van der Waals surface area contributed by atoms with Crippen LogP contribution in [0.1, 0.15) is 36.8 Å². The zero-order valence-corrected chi connectivity index (χ0v) is 19.3. The maximum absolute atomic E-state index is 11.6.